The van der Waals surface area contributed by atoms with Crippen LogP contribution in [0.1, 0.15) is 28.8 Å². The Morgan fingerprint density at radius 3 is 2.76 bits per heavy atom. The quantitative estimate of drug-likeness (QED) is 0.696. The van der Waals surface area contributed by atoms with Gasteiger partial charge in [-0.3, -0.25) is 9.59 Å². The van der Waals surface area contributed by atoms with Crippen LogP contribution in [0, 0.1) is 5.92 Å². The highest BCUT2D eigenvalue weighted by Crippen LogP contribution is 2.32. The van der Waals surface area contributed by atoms with Crippen LogP contribution in [0.4, 0.5) is 5.69 Å². The second kappa shape index (κ2) is 9.62. The van der Waals surface area contributed by atoms with Crippen LogP contribution in [0.2, 0.25) is 0 Å². The number of rotatable bonds is 5. The molecule has 29 heavy (non-hydrogen) atoms. The molecule has 1 unspecified atom stereocenters. The number of fused-ring (bicyclic) bond motifs is 1. The SMILES string of the molecule is Cl.O=C(NCc1ccc2c(c1)OCO2)c1ccccc1NC(=O)C1CCCNC1. The van der Waals surface area contributed by atoms with Gasteiger partial charge in [0.1, 0.15) is 0 Å². The number of hydrogen-bond donors (Lipinski definition) is 3. The molecule has 0 spiro atoms. The predicted molar refractivity (Wildman–Crippen MR) is 112 cm³/mol. The number of piperidine rings is 1. The lowest BCUT2D eigenvalue weighted by atomic mass is 9.98. The number of nitrogens with one attached hydrogen (secondary N) is 3. The minimum atomic E-state index is -0.240. The van der Waals surface area contributed by atoms with E-state index in [1.165, 1.54) is 0 Å². The minimum Gasteiger partial charge on any atom is -0.454 e. The van der Waals surface area contributed by atoms with Gasteiger partial charge in [0.25, 0.3) is 5.91 Å². The third kappa shape index (κ3) is 4.99. The van der Waals surface area contributed by atoms with Crippen LogP contribution in [0.3, 0.4) is 0 Å². The third-order valence-electron chi connectivity index (χ3n) is 4.99. The Labute approximate surface area is 175 Å². The number of hydrogen-bond acceptors (Lipinski definition) is 5. The van der Waals surface area contributed by atoms with Crippen molar-refractivity contribution in [2.24, 2.45) is 5.92 Å². The Bertz CT molecular complexity index is 884. The molecule has 1 atom stereocenters. The normalized spacial score (nSPS) is 17.2. The highest BCUT2D eigenvalue weighted by Gasteiger charge is 2.22. The fourth-order valence-corrected chi connectivity index (χ4v) is 3.43. The summed E-state index contributed by atoms with van der Waals surface area (Å²) in [6.45, 7) is 2.19. The molecule has 2 amide bonds. The number of benzene rings is 2. The molecule has 2 aliphatic heterocycles. The van der Waals surface area contributed by atoms with E-state index in [2.05, 4.69) is 16.0 Å². The van der Waals surface area contributed by atoms with E-state index in [1.54, 1.807) is 18.2 Å². The van der Waals surface area contributed by atoms with Crippen LogP contribution in [-0.4, -0.2) is 31.7 Å². The van der Waals surface area contributed by atoms with Crippen molar-refractivity contribution in [1.29, 1.82) is 0 Å². The first kappa shape index (κ1) is 21.0. The molecule has 7 nitrogen and oxygen atoms in total. The largest absolute Gasteiger partial charge is 0.454 e. The minimum absolute atomic E-state index is 0. The number of para-hydroxylation sites is 1. The van der Waals surface area contributed by atoms with Crippen LogP contribution in [0.15, 0.2) is 42.5 Å². The van der Waals surface area contributed by atoms with Gasteiger partial charge in [0, 0.05) is 13.1 Å². The van der Waals surface area contributed by atoms with Gasteiger partial charge in [0.2, 0.25) is 12.7 Å². The third-order valence-corrected chi connectivity index (χ3v) is 4.99. The first-order valence-electron chi connectivity index (χ1n) is 9.48. The number of carbonyl (C=O) groups excluding carboxylic acids is 2. The van der Waals surface area contributed by atoms with Gasteiger partial charge in [0.15, 0.2) is 11.5 Å². The average Bonchev–Trinajstić information content (AvgIpc) is 3.21. The Morgan fingerprint density at radius 2 is 1.93 bits per heavy atom. The van der Waals surface area contributed by atoms with Gasteiger partial charge in [-0.2, -0.15) is 0 Å². The molecule has 2 heterocycles. The molecule has 0 aromatic heterocycles. The Hall–Kier alpha value is -2.77. The summed E-state index contributed by atoms with van der Waals surface area (Å²) in [7, 11) is 0. The summed E-state index contributed by atoms with van der Waals surface area (Å²) in [6, 6.07) is 12.6. The highest BCUT2D eigenvalue weighted by molar-refractivity contribution is 6.04. The molecule has 2 aliphatic rings. The maximum atomic E-state index is 12.7. The molecule has 3 N–H and O–H groups in total. The number of anilines is 1. The zero-order chi connectivity index (χ0) is 19.3. The molecular formula is C21H24ClN3O4. The second-order valence-corrected chi connectivity index (χ2v) is 6.95. The zero-order valence-corrected chi connectivity index (χ0v) is 16.7. The summed E-state index contributed by atoms with van der Waals surface area (Å²) in [6.07, 6.45) is 1.84. The number of carbonyl (C=O) groups is 2. The van der Waals surface area contributed by atoms with E-state index in [4.69, 9.17) is 9.47 Å². The molecule has 1 fully saturated rings. The smallest absolute Gasteiger partial charge is 0.253 e. The summed E-state index contributed by atoms with van der Waals surface area (Å²) < 4.78 is 10.7. The average molecular weight is 418 g/mol. The van der Waals surface area contributed by atoms with Crippen molar-refractivity contribution in [2.45, 2.75) is 19.4 Å². The molecule has 2 aromatic carbocycles. The monoisotopic (exact) mass is 417 g/mol. The van der Waals surface area contributed by atoms with E-state index in [0.717, 1.165) is 24.9 Å². The van der Waals surface area contributed by atoms with Gasteiger partial charge in [-0.1, -0.05) is 18.2 Å². The topological polar surface area (TPSA) is 88.7 Å². The van der Waals surface area contributed by atoms with Crippen molar-refractivity contribution in [3.63, 3.8) is 0 Å². The maximum absolute atomic E-state index is 12.7. The molecule has 4 rings (SSSR count). The summed E-state index contributed by atoms with van der Waals surface area (Å²) in [5, 5.41) is 9.05. The van der Waals surface area contributed by atoms with Crippen molar-refractivity contribution in [3.05, 3.63) is 53.6 Å². The van der Waals surface area contributed by atoms with E-state index >= 15 is 0 Å². The molecule has 0 radical (unpaired) electrons. The van der Waals surface area contributed by atoms with Crippen LogP contribution >= 0.6 is 12.4 Å². The fourth-order valence-electron chi connectivity index (χ4n) is 3.43. The summed E-state index contributed by atoms with van der Waals surface area (Å²) in [4.78, 5) is 25.2. The van der Waals surface area contributed by atoms with Gasteiger partial charge in [-0.25, -0.2) is 0 Å². The lowest BCUT2D eigenvalue weighted by molar-refractivity contribution is -0.120. The summed E-state index contributed by atoms with van der Waals surface area (Å²) >= 11 is 0. The fraction of sp³-hybridized carbons (Fsp3) is 0.333. The second-order valence-electron chi connectivity index (χ2n) is 6.95. The van der Waals surface area contributed by atoms with Crippen molar-refractivity contribution in [3.8, 4) is 11.5 Å². The first-order chi connectivity index (χ1) is 13.7. The number of amides is 2. The van der Waals surface area contributed by atoms with Crippen LogP contribution in [0.25, 0.3) is 0 Å². The number of ether oxygens (including phenoxy) is 2. The van der Waals surface area contributed by atoms with Gasteiger partial charge >= 0.3 is 0 Å². The highest BCUT2D eigenvalue weighted by atomic mass is 35.5. The molecule has 8 heteroatoms. The van der Waals surface area contributed by atoms with Gasteiger partial charge in [-0.15, -0.1) is 12.4 Å². The van der Waals surface area contributed by atoms with Crippen LogP contribution in [0.5, 0.6) is 11.5 Å². The van der Waals surface area contributed by atoms with Gasteiger partial charge < -0.3 is 25.4 Å². The lowest BCUT2D eigenvalue weighted by Gasteiger charge is -2.22. The molecule has 0 aliphatic carbocycles. The van der Waals surface area contributed by atoms with E-state index < -0.39 is 0 Å². The standard InChI is InChI=1S/C21H23N3O4.ClH/c25-20(15-4-3-9-22-12-15)24-17-6-2-1-5-16(17)21(26)23-11-14-7-8-18-19(10-14)28-13-27-18;/h1-2,5-8,10,15,22H,3-4,9,11-13H2,(H,23,26)(H,24,25);1H. The molecule has 0 saturated carbocycles. The van der Waals surface area contributed by atoms with Crippen LogP contribution < -0.4 is 25.4 Å². The summed E-state index contributed by atoms with van der Waals surface area (Å²) in [5.74, 6) is 1.03. The predicted octanol–water partition coefficient (Wildman–Crippen LogP) is 2.71. The number of halogens is 1. The molecule has 154 valence electrons. The van der Waals surface area contributed by atoms with E-state index in [0.29, 0.717) is 35.8 Å². The van der Waals surface area contributed by atoms with Crippen molar-refractivity contribution in [1.82, 2.24) is 10.6 Å². The van der Waals surface area contributed by atoms with Crippen molar-refractivity contribution in [2.75, 3.05) is 25.2 Å². The lowest BCUT2D eigenvalue weighted by Crippen LogP contribution is -2.37. The maximum Gasteiger partial charge on any atom is 0.253 e. The Morgan fingerprint density at radius 1 is 1.10 bits per heavy atom. The van der Waals surface area contributed by atoms with E-state index in [9.17, 15) is 9.59 Å². The van der Waals surface area contributed by atoms with Crippen LogP contribution in [-0.2, 0) is 11.3 Å². The Kier molecular flexibility index (Phi) is 6.95. The summed E-state index contributed by atoms with van der Waals surface area (Å²) in [5.41, 5.74) is 1.88. The molecular weight excluding hydrogens is 394 g/mol. The first-order valence-corrected chi connectivity index (χ1v) is 9.48. The van der Waals surface area contributed by atoms with E-state index in [1.807, 2.05) is 24.3 Å². The van der Waals surface area contributed by atoms with Gasteiger partial charge in [-0.05, 0) is 49.2 Å². The van der Waals surface area contributed by atoms with Crippen molar-refractivity contribution < 1.29 is 19.1 Å². The molecule has 2 aromatic rings. The zero-order valence-electron chi connectivity index (χ0n) is 15.9. The Balaban J connectivity index is 0.00000240. The molecule has 1 saturated heterocycles. The van der Waals surface area contributed by atoms with Crippen molar-refractivity contribution >= 4 is 29.9 Å². The van der Waals surface area contributed by atoms with E-state index in [-0.39, 0.29) is 36.9 Å². The molecule has 0 bridgehead atoms. The van der Waals surface area contributed by atoms with Gasteiger partial charge in [0.05, 0.1) is 17.2 Å².